The average Bonchev–Trinajstić information content (AvgIpc) is 2.39. The van der Waals surface area contributed by atoms with Crippen molar-refractivity contribution in [1.29, 1.82) is 0 Å². The van der Waals surface area contributed by atoms with Gasteiger partial charge in [0.2, 0.25) is 0 Å². The van der Waals surface area contributed by atoms with Gasteiger partial charge in [-0.05, 0) is 35.4 Å². The first-order valence-electron chi connectivity index (χ1n) is 5.71. The van der Waals surface area contributed by atoms with Gasteiger partial charge in [0, 0.05) is 4.47 Å². The van der Waals surface area contributed by atoms with Crippen molar-refractivity contribution in [2.75, 3.05) is 0 Å². The first kappa shape index (κ1) is 14.0. The number of hydrogen-bond acceptors (Lipinski definition) is 2. The number of rotatable bonds is 4. The van der Waals surface area contributed by atoms with E-state index in [1.54, 1.807) is 30.3 Å². The second-order valence-electron chi connectivity index (χ2n) is 4.16. The highest BCUT2D eigenvalue weighted by atomic mass is 79.9. The first-order chi connectivity index (χ1) is 9.01. The highest BCUT2D eigenvalue weighted by Crippen LogP contribution is 2.19. The molecule has 0 aromatic heterocycles. The van der Waals surface area contributed by atoms with Crippen LogP contribution in [0.5, 0.6) is 0 Å². The molecule has 0 aliphatic carbocycles. The zero-order chi connectivity index (χ0) is 13.9. The fourth-order valence-corrected chi connectivity index (χ4v) is 3.35. The third-order valence-electron chi connectivity index (χ3n) is 2.72. The van der Waals surface area contributed by atoms with Crippen molar-refractivity contribution in [1.82, 2.24) is 0 Å². The summed E-state index contributed by atoms with van der Waals surface area (Å²) in [7, 11) is -3.31. The summed E-state index contributed by atoms with van der Waals surface area (Å²) in [6, 6.07) is 14.0. The Labute approximate surface area is 121 Å². The lowest BCUT2D eigenvalue weighted by molar-refractivity contribution is 0.595. The zero-order valence-electron chi connectivity index (χ0n) is 10.2. The highest BCUT2D eigenvalue weighted by Gasteiger charge is 2.15. The van der Waals surface area contributed by atoms with Crippen LogP contribution < -0.4 is 0 Å². The van der Waals surface area contributed by atoms with Crippen molar-refractivity contribution in [2.45, 2.75) is 10.6 Å². The van der Waals surface area contributed by atoms with Crippen LogP contribution in [0.15, 0.2) is 64.5 Å². The predicted molar refractivity (Wildman–Crippen MR) is 81.6 cm³/mol. The Morgan fingerprint density at radius 1 is 1.11 bits per heavy atom. The van der Waals surface area contributed by atoms with Gasteiger partial charge in [-0.25, -0.2) is 8.42 Å². The van der Waals surface area contributed by atoms with E-state index >= 15 is 0 Å². The smallest absolute Gasteiger partial charge is 0.182 e. The van der Waals surface area contributed by atoms with E-state index in [0.717, 1.165) is 15.6 Å². The third-order valence-corrected chi connectivity index (χ3v) is 4.95. The summed E-state index contributed by atoms with van der Waals surface area (Å²) in [5, 5.41) is 0. The molecule has 0 aliphatic rings. The second kappa shape index (κ2) is 5.72. The molecule has 19 heavy (non-hydrogen) atoms. The summed E-state index contributed by atoms with van der Waals surface area (Å²) in [4.78, 5) is 0.333. The normalized spacial score (nSPS) is 11.2. The van der Waals surface area contributed by atoms with E-state index in [4.69, 9.17) is 0 Å². The fraction of sp³-hybridized carbons (Fsp3) is 0.0667. The monoisotopic (exact) mass is 336 g/mol. The minimum absolute atomic E-state index is 0.00366. The topological polar surface area (TPSA) is 34.1 Å². The van der Waals surface area contributed by atoms with Crippen molar-refractivity contribution in [3.05, 3.63) is 70.7 Å². The molecule has 0 radical (unpaired) electrons. The summed E-state index contributed by atoms with van der Waals surface area (Å²) < 4.78 is 25.4. The molecule has 2 aromatic rings. The predicted octanol–water partition coefficient (Wildman–Crippen LogP) is 4.07. The van der Waals surface area contributed by atoms with Crippen LogP contribution in [-0.2, 0) is 15.6 Å². The molecular formula is C15H13BrO2S. The van der Waals surface area contributed by atoms with E-state index in [1.807, 2.05) is 24.3 Å². The van der Waals surface area contributed by atoms with E-state index < -0.39 is 9.84 Å². The number of benzene rings is 2. The van der Waals surface area contributed by atoms with Crippen LogP contribution in [0.2, 0.25) is 0 Å². The molecule has 98 valence electrons. The number of hydrogen-bond donors (Lipinski definition) is 0. The van der Waals surface area contributed by atoms with Crippen molar-refractivity contribution < 1.29 is 8.42 Å². The molecule has 2 nitrogen and oxygen atoms in total. The molecule has 0 saturated carbocycles. The molecule has 0 spiro atoms. The lowest BCUT2D eigenvalue weighted by atomic mass is 10.1. The SMILES string of the molecule is C=Cc1cccc(CS(=O)(=O)c2ccc(Br)cc2)c1. The van der Waals surface area contributed by atoms with Gasteiger partial charge in [0.25, 0.3) is 0 Å². The van der Waals surface area contributed by atoms with Gasteiger partial charge in [0.1, 0.15) is 0 Å². The van der Waals surface area contributed by atoms with Gasteiger partial charge in [0.05, 0.1) is 10.6 Å². The minimum Gasteiger partial charge on any atom is -0.223 e. The van der Waals surface area contributed by atoms with Crippen molar-refractivity contribution in [3.8, 4) is 0 Å². The lowest BCUT2D eigenvalue weighted by Crippen LogP contribution is -2.04. The third kappa shape index (κ3) is 3.55. The van der Waals surface area contributed by atoms with Gasteiger partial charge >= 0.3 is 0 Å². The Morgan fingerprint density at radius 2 is 1.79 bits per heavy atom. The first-order valence-corrected chi connectivity index (χ1v) is 8.15. The Hall–Kier alpha value is -1.39. The van der Waals surface area contributed by atoms with Gasteiger partial charge in [-0.15, -0.1) is 0 Å². The summed E-state index contributed by atoms with van der Waals surface area (Å²) in [5.74, 6) is -0.00366. The molecule has 0 N–H and O–H groups in total. The molecule has 4 heteroatoms. The van der Waals surface area contributed by atoms with Crippen molar-refractivity contribution >= 4 is 31.8 Å². The number of halogens is 1. The van der Waals surface area contributed by atoms with Gasteiger partial charge in [-0.3, -0.25) is 0 Å². The van der Waals surface area contributed by atoms with Crippen molar-refractivity contribution in [3.63, 3.8) is 0 Å². The summed E-state index contributed by atoms with van der Waals surface area (Å²) >= 11 is 3.29. The molecule has 0 heterocycles. The van der Waals surface area contributed by atoms with Crippen LogP contribution in [0, 0.1) is 0 Å². The van der Waals surface area contributed by atoms with Crippen LogP contribution in [0.3, 0.4) is 0 Å². The lowest BCUT2D eigenvalue weighted by Gasteiger charge is -2.05. The Kier molecular flexibility index (Phi) is 4.22. The molecule has 0 fully saturated rings. The van der Waals surface area contributed by atoms with Crippen LogP contribution in [0.25, 0.3) is 6.08 Å². The fourth-order valence-electron chi connectivity index (χ4n) is 1.75. The Morgan fingerprint density at radius 3 is 2.42 bits per heavy atom. The molecule has 2 aromatic carbocycles. The molecular weight excluding hydrogens is 324 g/mol. The van der Waals surface area contributed by atoms with E-state index in [2.05, 4.69) is 22.5 Å². The van der Waals surface area contributed by atoms with Crippen LogP contribution in [-0.4, -0.2) is 8.42 Å². The zero-order valence-corrected chi connectivity index (χ0v) is 12.6. The van der Waals surface area contributed by atoms with Gasteiger partial charge in [0.15, 0.2) is 9.84 Å². The largest absolute Gasteiger partial charge is 0.223 e. The molecule has 2 rings (SSSR count). The molecule has 0 atom stereocenters. The maximum atomic E-state index is 12.3. The summed E-state index contributed by atoms with van der Waals surface area (Å²) in [5.41, 5.74) is 1.68. The second-order valence-corrected chi connectivity index (χ2v) is 7.07. The maximum Gasteiger partial charge on any atom is 0.182 e. The van der Waals surface area contributed by atoms with Gasteiger partial charge < -0.3 is 0 Å². The van der Waals surface area contributed by atoms with E-state index in [-0.39, 0.29) is 5.75 Å². The van der Waals surface area contributed by atoms with E-state index in [9.17, 15) is 8.42 Å². The summed E-state index contributed by atoms with van der Waals surface area (Å²) in [6.07, 6.45) is 1.70. The minimum atomic E-state index is -3.31. The van der Waals surface area contributed by atoms with Gasteiger partial charge in [-0.2, -0.15) is 0 Å². The molecule has 0 unspecified atom stereocenters. The molecule has 0 bridgehead atoms. The van der Waals surface area contributed by atoms with Gasteiger partial charge in [-0.1, -0.05) is 52.9 Å². The molecule has 0 aliphatic heterocycles. The summed E-state index contributed by atoms with van der Waals surface area (Å²) in [6.45, 7) is 3.68. The van der Waals surface area contributed by atoms with E-state index in [1.165, 1.54) is 0 Å². The Bertz CT molecular complexity index is 688. The Balaban J connectivity index is 2.30. The van der Waals surface area contributed by atoms with Crippen molar-refractivity contribution in [2.24, 2.45) is 0 Å². The maximum absolute atomic E-state index is 12.3. The van der Waals surface area contributed by atoms with Crippen LogP contribution in [0.1, 0.15) is 11.1 Å². The van der Waals surface area contributed by atoms with E-state index in [0.29, 0.717) is 4.90 Å². The van der Waals surface area contributed by atoms with Crippen LogP contribution >= 0.6 is 15.9 Å². The molecule has 0 saturated heterocycles. The molecule has 0 amide bonds. The average molecular weight is 337 g/mol. The van der Waals surface area contributed by atoms with Crippen LogP contribution in [0.4, 0.5) is 0 Å². The standard InChI is InChI=1S/C15H13BrO2S/c1-2-12-4-3-5-13(10-12)11-19(17,18)15-8-6-14(16)7-9-15/h2-10H,1,11H2. The number of sulfone groups is 1. The quantitative estimate of drug-likeness (QED) is 0.843. The highest BCUT2D eigenvalue weighted by molar-refractivity contribution is 9.10.